The molecule has 0 spiro atoms. The lowest BCUT2D eigenvalue weighted by Gasteiger charge is -2.07. The highest BCUT2D eigenvalue weighted by atomic mass is 16.6. The molecule has 0 amide bonds. The van der Waals surface area contributed by atoms with Gasteiger partial charge in [0.2, 0.25) is 0 Å². The van der Waals surface area contributed by atoms with Gasteiger partial charge in [-0.1, -0.05) is 74.4 Å². The van der Waals surface area contributed by atoms with E-state index in [0.717, 1.165) is 39.0 Å². The highest BCUT2D eigenvalue weighted by Crippen LogP contribution is 2.36. The average Bonchev–Trinajstić information content (AvgIpc) is 3.68. The van der Waals surface area contributed by atoms with Crippen molar-refractivity contribution in [1.82, 2.24) is 13.7 Å². The van der Waals surface area contributed by atoms with Crippen molar-refractivity contribution >= 4 is 68.6 Å². The van der Waals surface area contributed by atoms with Gasteiger partial charge in [-0.3, -0.25) is 19.7 Å². The number of aromatic nitrogens is 3. The van der Waals surface area contributed by atoms with E-state index in [0.29, 0.717) is 22.9 Å². The minimum Gasteiger partial charge on any atom is -0.480 e. The first kappa shape index (κ1) is 40.5. The fourth-order valence-electron chi connectivity index (χ4n) is 6.90. The molecular weight excluding hydrogens is 684 g/mol. The summed E-state index contributed by atoms with van der Waals surface area (Å²) in [6, 6.07) is 15.5. The summed E-state index contributed by atoms with van der Waals surface area (Å²) in [5.41, 5.74) is 21.9. The molecule has 282 valence electrons. The van der Waals surface area contributed by atoms with Crippen LogP contribution in [0.2, 0.25) is 0 Å². The van der Waals surface area contributed by atoms with Crippen LogP contribution < -0.4 is 11.5 Å². The van der Waals surface area contributed by atoms with Crippen molar-refractivity contribution in [3.05, 3.63) is 129 Å². The molecule has 6 aromatic rings. The van der Waals surface area contributed by atoms with Gasteiger partial charge in [0, 0.05) is 67.9 Å². The monoisotopic (exact) mass is 732 g/mol. The molecule has 0 saturated carbocycles. The van der Waals surface area contributed by atoms with Crippen molar-refractivity contribution in [2.45, 2.75) is 45.7 Å². The number of hydrogen-bond acceptors (Lipinski definition) is 6. The fraction of sp³-hybridized carbons (Fsp3) is 0.238. The Morgan fingerprint density at radius 3 is 1.76 bits per heavy atom. The molecule has 0 saturated heterocycles. The molecule has 3 aromatic carbocycles. The molecule has 2 atom stereocenters. The number of aliphatic carboxylic acids is 2. The van der Waals surface area contributed by atoms with Crippen molar-refractivity contribution in [3.63, 3.8) is 0 Å². The number of carboxylic acid groups (broad SMARTS) is 2. The van der Waals surface area contributed by atoms with Gasteiger partial charge in [0.25, 0.3) is 5.69 Å². The molecule has 12 nitrogen and oxygen atoms in total. The van der Waals surface area contributed by atoms with Gasteiger partial charge in [0.05, 0.1) is 26.9 Å². The number of para-hydroxylation sites is 2. The van der Waals surface area contributed by atoms with Gasteiger partial charge in [-0.25, -0.2) is 0 Å². The zero-order valence-corrected chi connectivity index (χ0v) is 31.6. The summed E-state index contributed by atoms with van der Waals surface area (Å²) in [6.07, 6.45) is 5.69. The molecular formula is C42H48N6O6. The van der Waals surface area contributed by atoms with Crippen LogP contribution in [0.15, 0.2) is 74.3 Å². The van der Waals surface area contributed by atoms with Gasteiger partial charge in [0.15, 0.2) is 0 Å². The summed E-state index contributed by atoms with van der Waals surface area (Å²) in [5.74, 6) is -2.12. The number of nitro groups is 1. The number of carboxylic acids is 2. The molecule has 0 aliphatic carbocycles. The Morgan fingerprint density at radius 1 is 0.741 bits per heavy atom. The maximum atomic E-state index is 11.3. The molecule has 0 radical (unpaired) electrons. The Labute approximate surface area is 314 Å². The number of hydrogen-bond donors (Lipinski definition) is 4. The molecule has 3 heterocycles. The number of nitrogens with two attached hydrogens (primary N) is 2. The predicted octanol–water partition coefficient (Wildman–Crippen LogP) is 7.21. The predicted molar refractivity (Wildman–Crippen MR) is 219 cm³/mol. The van der Waals surface area contributed by atoms with Crippen molar-refractivity contribution in [2.75, 3.05) is 0 Å². The van der Waals surface area contributed by atoms with E-state index in [-0.39, 0.29) is 12.1 Å². The highest BCUT2D eigenvalue weighted by molar-refractivity contribution is 5.99. The molecule has 3 aromatic heterocycles. The normalized spacial score (nSPS) is 12.0. The van der Waals surface area contributed by atoms with E-state index < -0.39 is 28.9 Å². The first-order valence-electron chi connectivity index (χ1n) is 17.2. The van der Waals surface area contributed by atoms with Gasteiger partial charge in [-0.05, 0) is 60.7 Å². The number of benzene rings is 3. The van der Waals surface area contributed by atoms with E-state index in [1.54, 1.807) is 26.1 Å². The summed E-state index contributed by atoms with van der Waals surface area (Å²) < 4.78 is 6.08. The van der Waals surface area contributed by atoms with Crippen LogP contribution in [0, 0.1) is 30.9 Å². The van der Waals surface area contributed by atoms with E-state index in [1.165, 1.54) is 28.2 Å². The van der Waals surface area contributed by atoms with Crippen LogP contribution >= 0.6 is 0 Å². The fourth-order valence-corrected chi connectivity index (χ4v) is 6.90. The number of rotatable bonds is 10. The van der Waals surface area contributed by atoms with Crippen LogP contribution in [0.4, 0.5) is 5.69 Å². The highest BCUT2D eigenvalue weighted by Gasteiger charge is 2.26. The first-order valence-corrected chi connectivity index (χ1v) is 17.2. The third-order valence-electron chi connectivity index (χ3n) is 10.1. The lowest BCUT2D eigenvalue weighted by atomic mass is 10.00. The molecule has 6 rings (SSSR count). The van der Waals surface area contributed by atoms with Crippen LogP contribution in [-0.4, -0.2) is 52.9 Å². The molecule has 54 heavy (non-hydrogen) atoms. The van der Waals surface area contributed by atoms with E-state index in [2.05, 4.69) is 67.1 Å². The van der Waals surface area contributed by atoms with E-state index in [4.69, 9.17) is 21.7 Å². The van der Waals surface area contributed by atoms with Crippen LogP contribution in [0.5, 0.6) is 0 Å². The SMILES string of the molecule is C=Cc1ccc([N+](=O)[O-])c2c(CC(N)C(=O)O)c(C)n(C)c12.C=Cc1cccc2c(CC(N)C(=O)O)c(C)n(C)c12.C=Cc1cccc2cc(C)n(C)c12. The number of carbonyl (C=O) groups is 2. The third kappa shape index (κ3) is 7.75. The molecule has 0 aliphatic rings. The summed E-state index contributed by atoms with van der Waals surface area (Å²) in [5, 5.41) is 32.1. The van der Waals surface area contributed by atoms with Gasteiger partial charge in [-0.2, -0.15) is 0 Å². The van der Waals surface area contributed by atoms with Gasteiger partial charge >= 0.3 is 11.9 Å². The average molecular weight is 733 g/mol. The number of nitro benzene ring substituents is 1. The molecule has 0 fully saturated rings. The minimum atomic E-state index is -1.14. The largest absolute Gasteiger partial charge is 0.480 e. The zero-order valence-electron chi connectivity index (χ0n) is 31.6. The lowest BCUT2D eigenvalue weighted by Crippen LogP contribution is -2.32. The summed E-state index contributed by atoms with van der Waals surface area (Å²) in [7, 11) is 5.84. The Hall–Kier alpha value is -6.24. The topological polar surface area (TPSA) is 185 Å². The number of aryl methyl sites for hydroxylation is 4. The van der Waals surface area contributed by atoms with Crippen molar-refractivity contribution in [2.24, 2.45) is 32.6 Å². The Balaban J connectivity index is 0.000000186. The standard InChI is InChI=1S/C15H17N3O4.C15H18N2O2.C12H13N/c1-4-9-5-6-12(18(21)22)13-10(7-11(16)15(19)20)8(2)17(3)14(9)13;1-4-10-6-5-7-11-12(8-13(16)15(18)19)9(2)17(3)14(10)11;1-4-10-6-5-7-11-8-9(2)13(3)12(10)11/h4-6,11H,1,7,16H2,2-3H3,(H,19,20);4-7,13H,1,8,16H2,2-3H3,(H,18,19);4-8H,1H2,2-3H3. The smallest absolute Gasteiger partial charge is 0.320 e. The van der Waals surface area contributed by atoms with Crippen LogP contribution in [-0.2, 0) is 43.6 Å². The quantitative estimate of drug-likeness (QED) is 0.0841. The molecule has 2 unspecified atom stereocenters. The Bertz CT molecular complexity index is 2450. The number of non-ortho nitro benzene ring substituents is 1. The summed E-state index contributed by atoms with van der Waals surface area (Å²) in [6.45, 7) is 17.3. The van der Waals surface area contributed by atoms with Crippen LogP contribution in [0.1, 0.15) is 44.9 Å². The molecule has 12 heteroatoms. The summed E-state index contributed by atoms with van der Waals surface area (Å²) >= 11 is 0. The Morgan fingerprint density at radius 2 is 1.22 bits per heavy atom. The van der Waals surface area contributed by atoms with Gasteiger partial charge in [-0.15, -0.1) is 0 Å². The van der Waals surface area contributed by atoms with Crippen LogP contribution in [0.25, 0.3) is 50.9 Å². The first-order chi connectivity index (χ1) is 25.5. The maximum Gasteiger partial charge on any atom is 0.320 e. The van der Waals surface area contributed by atoms with Crippen molar-refractivity contribution in [3.8, 4) is 0 Å². The second-order valence-electron chi connectivity index (χ2n) is 13.2. The van der Waals surface area contributed by atoms with E-state index in [1.807, 2.05) is 48.9 Å². The molecule has 0 aliphatic heterocycles. The van der Waals surface area contributed by atoms with Crippen LogP contribution in [0.3, 0.4) is 0 Å². The van der Waals surface area contributed by atoms with Gasteiger partial charge < -0.3 is 35.4 Å². The Kier molecular flexibility index (Phi) is 12.5. The number of fused-ring (bicyclic) bond motifs is 3. The van der Waals surface area contributed by atoms with E-state index >= 15 is 0 Å². The zero-order chi connectivity index (χ0) is 40.2. The van der Waals surface area contributed by atoms with Gasteiger partial charge in [0.1, 0.15) is 12.1 Å². The van der Waals surface area contributed by atoms with Crippen molar-refractivity contribution < 1.29 is 24.7 Å². The van der Waals surface area contributed by atoms with Crippen molar-refractivity contribution in [1.29, 1.82) is 0 Å². The molecule has 0 bridgehead atoms. The second kappa shape index (κ2) is 16.6. The second-order valence-corrected chi connectivity index (χ2v) is 13.2. The maximum absolute atomic E-state index is 11.3. The summed E-state index contributed by atoms with van der Waals surface area (Å²) in [4.78, 5) is 32.8. The number of nitrogens with zero attached hydrogens (tertiary/aromatic N) is 4. The molecule has 6 N–H and O–H groups in total. The third-order valence-corrected chi connectivity index (χ3v) is 10.1. The minimum absolute atomic E-state index is 0.0277. The van der Waals surface area contributed by atoms with E-state index in [9.17, 15) is 19.7 Å². The lowest BCUT2D eigenvalue weighted by molar-refractivity contribution is -0.383.